The molecule has 0 radical (unpaired) electrons. The van der Waals surface area contributed by atoms with Crippen LogP contribution in [0.4, 0.5) is 13.2 Å². The second kappa shape index (κ2) is 6.06. The van der Waals surface area contributed by atoms with Crippen molar-refractivity contribution < 1.29 is 22.5 Å². The molecule has 0 spiro atoms. The first-order chi connectivity index (χ1) is 11.0. The number of carbonyl (C=O) groups is 1. The molecular formula is C16H15F3N2O2. The Balaban J connectivity index is 1.82. The Bertz CT molecular complexity index is 722. The Morgan fingerprint density at radius 1 is 1.22 bits per heavy atom. The number of hydrogen-bond donors (Lipinski definition) is 1. The van der Waals surface area contributed by atoms with Gasteiger partial charge in [-0.2, -0.15) is 0 Å². The van der Waals surface area contributed by atoms with E-state index in [1.54, 1.807) is 0 Å². The zero-order valence-electron chi connectivity index (χ0n) is 12.4. The lowest BCUT2D eigenvalue weighted by molar-refractivity contribution is 0.0920. The first-order valence-corrected chi connectivity index (χ1v) is 7.38. The van der Waals surface area contributed by atoms with Gasteiger partial charge in [-0.25, -0.2) is 13.2 Å². The first kappa shape index (κ1) is 15.6. The quantitative estimate of drug-likeness (QED) is 0.937. The van der Waals surface area contributed by atoms with Gasteiger partial charge in [-0.1, -0.05) is 18.5 Å². The molecule has 7 heteroatoms. The number of benzene rings is 1. The van der Waals surface area contributed by atoms with E-state index in [9.17, 15) is 18.0 Å². The van der Waals surface area contributed by atoms with Crippen molar-refractivity contribution in [1.82, 2.24) is 10.5 Å². The van der Waals surface area contributed by atoms with Gasteiger partial charge in [0.1, 0.15) is 17.5 Å². The molecule has 1 aliphatic carbocycles. The molecule has 1 amide bonds. The van der Waals surface area contributed by atoms with Gasteiger partial charge in [0, 0.05) is 24.2 Å². The summed E-state index contributed by atoms with van der Waals surface area (Å²) in [4.78, 5) is 12.1. The third-order valence-electron chi connectivity index (χ3n) is 4.17. The molecule has 1 saturated carbocycles. The fourth-order valence-electron chi connectivity index (χ4n) is 2.88. The lowest BCUT2D eigenvalue weighted by Crippen LogP contribution is -2.36. The number of hydrogen-bond acceptors (Lipinski definition) is 3. The molecule has 0 aliphatic heterocycles. The summed E-state index contributed by atoms with van der Waals surface area (Å²) in [6, 6.07) is 2.29. The van der Waals surface area contributed by atoms with Gasteiger partial charge in [0.25, 0.3) is 5.91 Å². The van der Waals surface area contributed by atoms with Crippen LogP contribution >= 0.6 is 0 Å². The van der Waals surface area contributed by atoms with Crippen LogP contribution in [0.25, 0.3) is 11.3 Å². The van der Waals surface area contributed by atoms with E-state index >= 15 is 0 Å². The molecule has 0 saturated heterocycles. The molecule has 1 N–H and O–H groups in total. The van der Waals surface area contributed by atoms with Gasteiger partial charge in [-0.05, 0) is 18.8 Å². The highest BCUT2D eigenvalue weighted by Gasteiger charge is 2.27. The Labute approximate surface area is 130 Å². The molecule has 3 rings (SSSR count). The SMILES string of the molecule is C[C@@H]1CCC[C@H]1NC(=O)c1cc(-c2c(F)cc(F)cc2F)on1. The molecule has 1 aliphatic rings. The van der Waals surface area contributed by atoms with Crippen LogP contribution < -0.4 is 5.32 Å². The summed E-state index contributed by atoms with van der Waals surface area (Å²) in [5.41, 5.74) is -0.616. The maximum Gasteiger partial charge on any atom is 0.273 e. The number of amides is 1. The smallest absolute Gasteiger partial charge is 0.273 e. The number of nitrogens with one attached hydrogen (secondary N) is 1. The standard InChI is InChI=1S/C16H15F3N2O2/c1-8-3-2-4-12(8)20-16(22)13-7-14(23-21-13)15-10(18)5-9(17)6-11(15)19/h5-8,12H,2-4H2,1H3,(H,20,22)/t8-,12-/m1/s1. The summed E-state index contributed by atoms with van der Waals surface area (Å²) in [6.07, 6.45) is 2.97. The highest BCUT2D eigenvalue weighted by Crippen LogP contribution is 2.28. The molecule has 23 heavy (non-hydrogen) atoms. The monoisotopic (exact) mass is 324 g/mol. The molecule has 1 fully saturated rings. The van der Waals surface area contributed by atoms with E-state index in [1.165, 1.54) is 0 Å². The normalized spacial score (nSPS) is 20.7. The van der Waals surface area contributed by atoms with E-state index in [2.05, 4.69) is 17.4 Å². The minimum Gasteiger partial charge on any atom is -0.355 e. The summed E-state index contributed by atoms with van der Waals surface area (Å²) in [5.74, 6) is -3.61. The number of nitrogens with zero attached hydrogens (tertiary/aromatic N) is 1. The molecule has 1 aromatic carbocycles. The zero-order chi connectivity index (χ0) is 16.6. The van der Waals surface area contributed by atoms with Gasteiger partial charge in [0.2, 0.25) is 0 Å². The lowest BCUT2D eigenvalue weighted by atomic mass is 10.1. The molecule has 122 valence electrons. The average molecular weight is 324 g/mol. The summed E-state index contributed by atoms with van der Waals surface area (Å²) >= 11 is 0. The Kier molecular flexibility index (Phi) is 4.11. The van der Waals surface area contributed by atoms with E-state index < -0.39 is 28.9 Å². The van der Waals surface area contributed by atoms with Crippen LogP contribution in [0.3, 0.4) is 0 Å². The Morgan fingerprint density at radius 3 is 2.52 bits per heavy atom. The Hall–Kier alpha value is -2.31. The van der Waals surface area contributed by atoms with Crippen molar-refractivity contribution in [2.45, 2.75) is 32.2 Å². The summed E-state index contributed by atoms with van der Waals surface area (Å²) in [6.45, 7) is 2.05. The summed E-state index contributed by atoms with van der Waals surface area (Å²) < 4.78 is 45.2. The Morgan fingerprint density at radius 2 is 1.91 bits per heavy atom. The highest BCUT2D eigenvalue weighted by atomic mass is 19.1. The minimum absolute atomic E-state index is 0.0574. The molecule has 2 aromatic rings. The van der Waals surface area contributed by atoms with E-state index in [0.717, 1.165) is 25.3 Å². The van der Waals surface area contributed by atoms with Crippen molar-refractivity contribution in [2.24, 2.45) is 5.92 Å². The van der Waals surface area contributed by atoms with E-state index in [-0.39, 0.29) is 17.5 Å². The molecule has 1 aromatic heterocycles. The maximum atomic E-state index is 13.7. The van der Waals surface area contributed by atoms with Crippen molar-refractivity contribution in [3.8, 4) is 11.3 Å². The second-order valence-electron chi connectivity index (χ2n) is 5.81. The number of rotatable bonds is 3. The second-order valence-corrected chi connectivity index (χ2v) is 5.81. The molecule has 2 atom stereocenters. The molecule has 4 nitrogen and oxygen atoms in total. The van der Waals surface area contributed by atoms with Crippen molar-refractivity contribution in [1.29, 1.82) is 0 Å². The third kappa shape index (κ3) is 3.09. The van der Waals surface area contributed by atoms with Gasteiger partial charge < -0.3 is 9.84 Å². The van der Waals surface area contributed by atoms with Crippen molar-refractivity contribution >= 4 is 5.91 Å². The summed E-state index contributed by atoms with van der Waals surface area (Å²) in [7, 11) is 0. The number of halogens is 3. The van der Waals surface area contributed by atoms with E-state index in [1.807, 2.05) is 0 Å². The van der Waals surface area contributed by atoms with E-state index in [0.29, 0.717) is 18.1 Å². The molecule has 0 unspecified atom stereocenters. The van der Waals surface area contributed by atoms with E-state index in [4.69, 9.17) is 4.52 Å². The van der Waals surface area contributed by atoms with Gasteiger partial charge in [0.05, 0.1) is 5.56 Å². The third-order valence-corrected chi connectivity index (χ3v) is 4.17. The van der Waals surface area contributed by atoms with Crippen LogP contribution in [0.15, 0.2) is 22.7 Å². The van der Waals surface area contributed by atoms with Crippen LogP contribution in [0.5, 0.6) is 0 Å². The van der Waals surface area contributed by atoms with Gasteiger partial charge in [-0.3, -0.25) is 4.79 Å². The molecule has 0 bridgehead atoms. The van der Waals surface area contributed by atoms with Gasteiger partial charge in [0.15, 0.2) is 11.5 Å². The molecular weight excluding hydrogens is 309 g/mol. The van der Waals surface area contributed by atoms with Crippen LogP contribution in [-0.4, -0.2) is 17.1 Å². The highest BCUT2D eigenvalue weighted by molar-refractivity contribution is 5.93. The fraction of sp³-hybridized carbons (Fsp3) is 0.375. The van der Waals surface area contributed by atoms with Crippen LogP contribution in [0.2, 0.25) is 0 Å². The largest absolute Gasteiger partial charge is 0.355 e. The zero-order valence-corrected chi connectivity index (χ0v) is 12.4. The lowest BCUT2D eigenvalue weighted by Gasteiger charge is -2.15. The summed E-state index contributed by atoms with van der Waals surface area (Å²) in [5, 5.41) is 6.39. The van der Waals surface area contributed by atoms with Crippen LogP contribution in [0, 0.1) is 23.4 Å². The topological polar surface area (TPSA) is 55.1 Å². The van der Waals surface area contributed by atoms with Crippen LogP contribution in [0.1, 0.15) is 36.7 Å². The van der Waals surface area contributed by atoms with Gasteiger partial charge in [-0.15, -0.1) is 0 Å². The average Bonchev–Trinajstić information content (AvgIpc) is 3.08. The minimum atomic E-state index is -1.12. The maximum absolute atomic E-state index is 13.7. The van der Waals surface area contributed by atoms with Crippen molar-refractivity contribution in [2.75, 3.05) is 0 Å². The number of aromatic nitrogens is 1. The first-order valence-electron chi connectivity index (χ1n) is 7.38. The predicted octanol–water partition coefficient (Wildman–Crippen LogP) is 3.68. The predicted molar refractivity (Wildman–Crippen MR) is 76.1 cm³/mol. The van der Waals surface area contributed by atoms with Crippen molar-refractivity contribution in [3.05, 3.63) is 41.3 Å². The van der Waals surface area contributed by atoms with Crippen LogP contribution in [-0.2, 0) is 0 Å². The molecule has 1 heterocycles. The van der Waals surface area contributed by atoms with Crippen molar-refractivity contribution in [3.63, 3.8) is 0 Å². The fourth-order valence-corrected chi connectivity index (χ4v) is 2.88. The number of carbonyl (C=O) groups excluding carboxylic acids is 1. The van der Waals surface area contributed by atoms with Gasteiger partial charge >= 0.3 is 0 Å².